The minimum Gasteiger partial charge on any atom is -0.122 e. The molecule has 0 aromatic heterocycles. The first-order valence-corrected chi connectivity index (χ1v) is 4.41. The number of aryl methyl sites for hydroxylation is 1. The topological polar surface area (TPSA) is 0 Å². The zero-order chi connectivity index (χ0) is 7.84. The summed E-state index contributed by atoms with van der Waals surface area (Å²) in [5.74, 6) is 0.636. The van der Waals surface area contributed by atoms with Crippen LogP contribution in [0.1, 0.15) is 23.5 Å². The van der Waals surface area contributed by atoms with Crippen LogP contribution in [0.4, 0.5) is 0 Å². The minimum atomic E-state index is 0.401. The summed E-state index contributed by atoms with van der Waals surface area (Å²) in [5, 5.41) is 0.401. The normalized spacial score (nSPS) is 28.5. The maximum atomic E-state index is 5.93. The highest BCUT2D eigenvalue weighted by atomic mass is 35.5. The van der Waals surface area contributed by atoms with Crippen molar-refractivity contribution in [3.8, 4) is 0 Å². The van der Waals surface area contributed by atoms with Crippen molar-refractivity contribution >= 4 is 11.6 Å². The van der Waals surface area contributed by atoms with Crippen LogP contribution in [-0.4, -0.2) is 5.38 Å². The van der Waals surface area contributed by atoms with Crippen LogP contribution in [-0.2, 0) is 0 Å². The Labute approximate surface area is 72.2 Å². The number of rotatable bonds is 1. The van der Waals surface area contributed by atoms with Crippen LogP contribution >= 0.6 is 11.6 Å². The van der Waals surface area contributed by atoms with E-state index in [-0.39, 0.29) is 0 Å². The van der Waals surface area contributed by atoms with Gasteiger partial charge in [0.25, 0.3) is 0 Å². The summed E-state index contributed by atoms with van der Waals surface area (Å²) in [6.45, 7) is 2.11. The molecule has 1 fully saturated rings. The van der Waals surface area contributed by atoms with Crippen LogP contribution in [0.3, 0.4) is 0 Å². The van der Waals surface area contributed by atoms with Crippen LogP contribution in [0, 0.1) is 6.92 Å². The van der Waals surface area contributed by atoms with Gasteiger partial charge in [0.1, 0.15) is 0 Å². The smallest absolute Gasteiger partial charge is 0.0411 e. The molecule has 0 aliphatic heterocycles. The summed E-state index contributed by atoms with van der Waals surface area (Å²) >= 11 is 5.93. The molecule has 0 saturated heterocycles. The number of hydrogen-bond donors (Lipinski definition) is 0. The molecule has 11 heavy (non-hydrogen) atoms. The first kappa shape index (κ1) is 7.17. The predicted molar refractivity (Wildman–Crippen MR) is 48.2 cm³/mol. The molecule has 0 spiro atoms. The Kier molecular flexibility index (Phi) is 1.65. The van der Waals surface area contributed by atoms with Crippen molar-refractivity contribution in [3.63, 3.8) is 0 Å². The summed E-state index contributed by atoms with van der Waals surface area (Å²) in [5.41, 5.74) is 2.72. The Morgan fingerprint density at radius 2 is 1.82 bits per heavy atom. The molecule has 0 N–H and O–H groups in total. The largest absolute Gasteiger partial charge is 0.122 e. The van der Waals surface area contributed by atoms with Gasteiger partial charge in [-0.15, -0.1) is 11.6 Å². The molecule has 1 aromatic rings. The molecule has 1 aromatic carbocycles. The number of alkyl halides is 1. The molecule has 1 saturated carbocycles. The van der Waals surface area contributed by atoms with Gasteiger partial charge in [0.15, 0.2) is 0 Å². The van der Waals surface area contributed by atoms with Gasteiger partial charge in [-0.05, 0) is 18.9 Å². The van der Waals surface area contributed by atoms with E-state index in [1.807, 2.05) is 0 Å². The number of hydrogen-bond acceptors (Lipinski definition) is 0. The molecule has 1 heteroatoms. The fourth-order valence-electron chi connectivity index (χ4n) is 1.32. The second-order valence-electron chi connectivity index (χ2n) is 3.27. The van der Waals surface area contributed by atoms with Crippen molar-refractivity contribution in [2.24, 2.45) is 0 Å². The third-order valence-corrected chi connectivity index (χ3v) is 2.70. The Morgan fingerprint density at radius 3 is 2.27 bits per heavy atom. The van der Waals surface area contributed by atoms with Crippen molar-refractivity contribution < 1.29 is 0 Å². The van der Waals surface area contributed by atoms with Gasteiger partial charge < -0.3 is 0 Å². The van der Waals surface area contributed by atoms with E-state index in [1.54, 1.807) is 0 Å². The zero-order valence-electron chi connectivity index (χ0n) is 6.55. The minimum absolute atomic E-state index is 0.401. The van der Waals surface area contributed by atoms with Crippen LogP contribution in [0.15, 0.2) is 24.3 Å². The highest BCUT2D eigenvalue weighted by Crippen LogP contribution is 2.44. The lowest BCUT2D eigenvalue weighted by Gasteiger charge is -1.97. The van der Waals surface area contributed by atoms with Gasteiger partial charge >= 0.3 is 0 Å². The Hall–Kier alpha value is -0.490. The van der Waals surface area contributed by atoms with Gasteiger partial charge in [-0.25, -0.2) is 0 Å². The first-order valence-electron chi connectivity index (χ1n) is 3.98. The number of benzene rings is 1. The fraction of sp³-hybridized carbons (Fsp3) is 0.400. The SMILES string of the molecule is Cc1ccc(C2CC2Cl)cc1. The summed E-state index contributed by atoms with van der Waals surface area (Å²) < 4.78 is 0. The second kappa shape index (κ2) is 2.53. The molecular formula is C10H11Cl. The van der Waals surface area contributed by atoms with Crippen LogP contribution in [0.5, 0.6) is 0 Å². The van der Waals surface area contributed by atoms with Gasteiger partial charge in [-0.2, -0.15) is 0 Å². The summed E-state index contributed by atoms with van der Waals surface area (Å²) in [4.78, 5) is 0. The van der Waals surface area contributed by atoms with Gasteiger partial charge in [-0.3, -0.25) is 0 Å². The lowest BCUT2D eigenvalue weighted by Crippen LogP contribution is -1.81. The molecule has 1 aliphatic carbocycles. The highest BCUT2D eigenvalue weighted by molar-refractivity contribution is 6.23. The fourth-order valence-corrected chi connectivity index (χ4v) is 1.66. The third kappa shape index (κ3) is 1.41. The first-order chi connectivity index (χ1) is 5.27. The van der Waals surface area contributed by atoms with E-state index in [9.17, 15) is 0 Å². The third-order valence-electron chi connectivity index (χ3n) is 2.22. The summed E-state index contributed by atoms with van der Waals surface area (Å²) in [7, 11) is 0. The molecule has 0 nitrogen and oxygen atoms in total. The average molecular weight is 167 g/mol. The van der Waals surface area contributed by atoms with E-state index in [1.165, 1.54) is 11.1 Å². The molecule has 0 amide bonds. The van der Waals surface area contributed by atoms with Crippen molar-refractivity contribution in [1.82, 2.24) is 0 Å². The lowest BCUT2D eigenvalue weighted by molar-refractivity contribution is 1.13. The van der Waals surface area contributed by atoms with Gasteiger partial charge in [0, 0.05) is 11.3 Å². The standard InChI is InChI=1S/C10H11Cl/c1-7-2-4-8(5-3-7)9-6-10(9)11/h2-5,9-10H,6H2,1H3. The highest BCUT2D eigenvalue weighted by Gasteiger charge is 2.36. The maximum absolute atomic E-state index is 5.93. The van der Waals surface area contributed by atoms with E-state index < -0.39 is 0 Å². The summed E-state index contributed by atoms with van der Waals surface area (Å²) in [6.07, 6.45) is 1.16. The van der Waals surface area contributed by atoms with E-state index >= 15 is 0 Å². The molecule has 1 aliphatic rings. The molecule has 0 bridgehead atoms. The molecule has 2 unspecified atom stereocenters. The van der Waals surface area contributed by atoms with Gasteiger partial charge in [-0.1, -0.05) is 29.8 Å². The molecular weight excluding hydrogens is 156 g/mol. The second-order valence-corrected chi connectivity index (χ2v) is 3.83. The van der Waals surface area contributed by atoms with E-state index in [4.69, 9.17) is 11.6 Å². The average Bonchev–Trinajstić information content (AvgIpc) is 2.69. The van der Waals surface area contributed by atoms with Gasteiger partial charge in [0.2, 0.25) is 0 Å². The molecule has 0 heterocycles. The Bertz CT molecular complexity index is 250. The Balaban J connectivity index is 2.21. The predicted octanol–water partition coefficient (Wildman–Crippen LogP) is 3.09. The van der Waals surface area contributed by atoms with Gasteiger partial charge in [0.05, 0.1) is 0 Å². The number of halogens is 1. The van der Waals surface area contributed by atoms with Crippen molar-refractivity contribution in [1.29, 1.82) is 0 Å². The quantitative estimate of drug-likeness (QED) is 0.563. The maximum Gasteiger partial charge on any atom is 0.0411 e. The lowest BCUT2D eigenvalue weighted by atomic mass is 10.1. The molecule has 2 rings (SSSR count). The van der Waals surface area contributed by atoms with E-state index in [0.29, 0.717) is 11.3 Å². The van der Waals surface area contributed by atoms with E-state index in [0.717, 1.165) is 6.42 Å². The van der Waals surface area contributed by atoms with Crippen molar-refractivity contribution in [2.45, 2.75) is 24.6 Å². The molecule has 0 radical (unpaired) electrons. The zero-order valence-corrected chi connectivity index (χ0v) is 7.31. The Morgan fingerprint density at radius 1 is 1.27 bits per heavy atom. The van der Waals surface area contributed by atoms with Crippen LogP contribution < -0.4 is 0 Å². The van der Waals surface area contributed by atoms with Crippen LogP contribution in [0.2, 0.25) is 0 Å². The molecule has 58 valence electrons. The van der Waals surface area contributed by atoms with Crippen LogP contribution in [0.25, 0.3) is 0 Å². The monoisotopic (exact) mass is 166 g/mol. The van der Waals surface area contributed by atoms with E-state index in [2.05, 4.69) is 31.2 Å². The molecule has 2 atom stereocenters. The summed E-state index contributed by atoms with van der Waals surface area (Å²) in [6, 6.07) is 8.67. The van der Waals surface area contributed by atoms with Crippen molar-refractivity contribution in [3.05, 3.63) is 35.4 Å². The van der Waals surface area contributed by atoms with Crippen molar-refractivity contribution in [2.75, 3.05) is 0 Å².